The average molecular weight is 261 g/mol. The van der Waals surface area contributed by atoms with Gasteiger partial charge in [-0.25, -0.2) is 4.98 Å². The lowest BCUT2D eigenvalue weighted by molar-refractivity contribution is 0.992. The van der Waals surface area contributed by atoms with Crippen LogP contribution in [0.4, 0.5) is 0 Å². The molecule has 0 aliphatic heterocycles. The van der Waals surface area contributed by atoms with E-state index in [0.717, 1.165) is 27.5 Å². The molecule has 1 aromatic heterocycles. The zero-order chi connectivity index (χ0) is 10.7. The summed E-state index contributed by atoms with van der Waals surface area (Å²) in [6, 6.07) is 12.2. The van der Waals surface area contributed by atoms with Gasteiger partial charge < -0.3 is 0 Å². The molecule has 0 spiro atoms. The second kappa shape index (κ2) is 4.41. The maximum Gasteiger partial charge on any atom is 0.110 e. The topological polar surface area (TPSA) is 36.7 Å². The number of fused-ring (bicyclic) bond motifs is 1. The highest BCUT2D eigenvalue weighted by Gasteiger charge is 2.03. The molecule has 0 saturated heterocycles. The maximum absolute atomic E-state index is 8.55. The van der Waals surface area contributed by atoms with E-state index in [-0.39, 0.29) is 0 Å². The molecule has 15 heavy (non-hydrogen) atoms. The first-order valence-corrected chi connectivity index (χ1v) is 5.51. The van der Waals surface area contributed by atoms with E-state index in [2.05, 4.69) is 33.0 Å². The van der Waals surface area contributed by atoms with Crippen molar-refractivity contribution in [1.29, 1.82) is 5.26 Å². The van der Waals surface area contributed by atoms with Crippen molar-refractivity contribution in [2.24, 2.45) is 0 Å². The van der Waals surface area contributed by atoms with Gasteiger partial charge in [-0.15, -0.1) is 0 Å². The van der Waals surface area contributed by atoms with E-state index < -0.39 is 0 Å². The predicted octanol–water partition coefficient (Wildman–Crippen LogP) is 3.45. The standard InChI is InChI=1S/C12H9BrN2/c13-12-10(5-3-7-14)8-9-4-1-2-6-11(9)15-12/h1-2,4,6,8H,3,5H2. The fraction of sp³-hybridized carbons (Fsp3) is 0.167. The van der Waals surface area contributed by atoms with Crippen molar-refractivity contribution in [2.75, 3.05) is 0 Å². The van der Waals surface area contributed by atoms with Gasteiger partial charge >= 0.3 is 0 Å². The zero-order valence-electron chi connectivity index (χ0n) is 8.07. The van der Waals surface area contributed by atoms with Crippen LogP contribution in [0.1, 0.15) is 12.0 Å². The zero-order valence-corrected chi connectivity index (χ0v) is 9.66. The van der Waals surface area contributed by atoms with Gasteiger partial charge in [-0.05, 0) is 40.0 Å². The number of nitriles is 1. The summed E-state index contributed by atoms with van der Waals surface area (Å²) < 4.78 is 0.844. The summed E-state index contributed by atoms with van der Waals surface area (Å²) in [5.41, 5.74) is 2.07. The summed E-state index contributed by atoms with van der Waals surface area (Å²) in [5, 5.41) is 9.67. The molecule has 0 fully saturated rings. The normalized spacial score (nSPS) is 10.1. The molecule has 0 N–H and O–H groups in total. The molecule has 2 aromatic rings. The molecule has 1 aromatic carbocycles. The van der Waals surface area contributed by atoms with Crippen molar-refractivity contribution in [2.45, 2.75) is 12.8 Å². The van der Waals surface area contributed by atoms with E-state index in [9.17, 15) is 0 Å². The first-order valence-electron chi connectivity index (χ1n) is 4.72. The van der Waals surface area contributed by atoms with E-state index in [4.69, 9.17) is 5.26 Å². The van der Waals surface area contributed by atoms with Crippen LogP contribution in [0.5, 0.6) is 0 Å². The van der Waals surface area contributed by atoms with Crippen LogP contribution in [-0.2, 0) is 6.42 Å². The molecule has 0 aliphatic rings. The molecule has 0 radical (unpaired) electrons. The lowest BCUT2D eigenvalue weighted by atomic mass is 10.1. The van der Waals surface area contributed by atoms with Crippen LogP contribution in [0.15, 0.2) is 34.9 Å². The Labute approximate surface area is 96.7 Å². The smallest absolute Gasteiger partial charge is 0.110 e. The number of hydrogen-bond donors (Lipinski definition) is 0. The van der Waals surface area contributed by atoms with Crippen molar-refractivity contribution in [1.82, 2.24) is 4.98 Å². The van der Waals surface area contributed by atoms with Crippen LogP contribution in [0, 0.1) is 11.3 Å². The quantitative estimate of drug-likeness (QED) is 0.776. The van der Waals surface area contributed by atoms with Crippen LogP contribution in [0.25, 0.3) is 10.9 Å². The Hall–Kier alpha value is -1.40. The first-order chi connectivity index (χ1) is 7.31. The van der Waals surface area contributed by atoms with Gasteiger partial charge in [-0.3, -0.25) is 0 Å². The molecule has 1 heterocycles. The Kier molecular flexibility index (Phi) is 2.98. The number of halogens is 1. The van der Waals surface area contributed by atoms with Gasteiger partial charge in [0.05, 0.1) is 11.6 Å². The van der Waals surface area contributed by atoms with Crippen LogP contribution in [0.3, 0.4) is 0 Å². The van der Waals surface area contributed by atoms with E-state index in [0.29, 0.717) is 6.42 Å². The third-order valence-electron chi connectivity index (χ3n) is 2.26. The van der Waals surface area contributed by atoms with E-state index in [1.54, 1.807) is 0 Å². The molecule has 0 unspecified atom stereocenters. The Morgan fingerprint density at radius 3 is 2.93 bits per heavy atom. The van der Waals surface area contributed by atoms with Crippen molar-refractivity contribution in [3.05, 3.63) is 40.5 Å². The minimum Gasteiger partial charge on any atom is -0.241 e. The summed E-state index contributed by atoms with van der Waals surface area (Å²) in [6.45, 7) is 0. The van der Waals surface area contributed by atoms with Crippen LogP contribution in [0.2, 0.25) is 0 Å². The molecule has 2 nitrogen and oxygen atoms in total. The number of hydrogen-bond acceptors (Lipinski definition) is 2. The number of para-hydroxylation sites is 1. The minimum absolute atomic E-state index is 0.526. The molecule has 74 valence electrons. The second-order valence-electron chi connectivity index (χ2n) is 3.29. The predicted molar refractivity (Wildman–Crippen MR) is 63.4 cm³/mol. The van der Waals surface area contributed by atoms with Crippen molar-refractivity contribution in [3.63, 3.8) is 0 Å². The summed E-state index contributed by atoms with van der Waals surface area (Å²) in [4.78, 5) is 4.44. The lowest BCUT2D eigenvalue weighted by Crippen LogP contribution is -1.90. The fourth-order valence-corrected chi connectivity index (χ4v) is 2.01. The van der Waals surface area contributed by atoms with Gasteiger partial charge in [-0.2, -0.15) is 5.26 Å². The molecule has 0 saturated carbocycles. The molecular formula is C12H9BrN2. The average Bonchev–Trinajstić information content (AvgIpc) is 2.26. The molecule has 0 atom stereocenters. The number of pyridine rings is 1. The SMILES string of the molecule is N#CCCc1cc2ccccc2nc1Br. The van der Waals surface area contributed by atoms with Gasteiger partial charge in [0.2, 0.25) is 0 Å². The van der Waals surface area contributed by atoms with Crippen molar-refractivity contribution < 1.29 is 0 Å². The van der Waals surface area contributed by atoms with Gasteiger partial charge in [0.15, 0.2) is 0 Å². The maximum atomic E-state index is 8.55. The van der Waals surface area contributed by atoms with E-state index >= 15 is 0 Å². The summed E-state index contributed by atoms with van der Waals surface area (Å²) >= 11 is 3.43. The van der Waals surface area contributed by atoms with Crippen molar-refractivity contribution in [3.8, 4) is 6.07 Å². The number of nitrogens with zero attached hydrogens (tertiary/aromatic N) is 2. The highest BCUT2D eigenvalue weighted by atomic mass is 79.9. The van der Waals surface area contributed by atoms with E-state index in [1.165, 1.54) is 0 Å². The first kappa shape index (κ1) is 10.1. The second-order valence-corrected chi connectivity index (χ2v) is 4.04. The third-order valence-corrected chi connectivity index (χ3v) is 2.94. The molecule has 3 heteroatoms. The molecular weight excluding hydrogens is 252 g/mol. The van der Waals surface area contributed by atoms with E-state index in [1.807, 2.05) is 24.3 Å². The van der Waals surface area contributed by atoms with Crippen LogP contribution >= 0.6 is 15.9 Å². The summed E-state index contributed by atoms with van der Waals surface area (Å²) in [7, 11) is 0. The number of benzene rings is 1. The molecule has 0 aliphatic carbocycles. The lowest BCUT2D eigenvalue weighted by Gasteiger charge is -2.03. The molecule has 2 rings (SSSR count). The minimum atomic E-state index is 0.526. The van der Waals surface area contributed by atoms with Gasteiger partial charge in [0.1, 0.15) is 4.60 Å². The van der Waals surface area contributed by atoms with Crippen LogP contribution < -0.4 is 0 Å². The Morgan fingerprint density at radius 1 is 1.33 bits per heavy atom. The van der Waals surface area contributed by atoms with Crippen molar-refractivity contribution >= 4 is 26.8 Å². The summed E-state index contributed by atoms with van der Waals surface area (Å²) in [6.07, 6.45) is 1.27. The molecule has 0 bridgehead atoms. The van der Waals surface area contributed by atoms with Gasteiger partial charge in [0, 0.05) is 11.8 Å². The number of rotatable bonds is 2. The largest absolute Gasteiger partial charge is 0.241 e. The fourth-order valence-electron chi connectivity index (χ4n) is 1.50. The summed E-state index contributed by atoms with van der Waals surface area (Å²) in [5.74, 6) is 0. The Balaban J connectivity index is 2.48. The van der Waals surface area contributed by atoms with Gasteiger partial charge in [0.25, 0.3) is 0 Å². The van der Waals surface area contributed by atoms with Gasteiger partial charge in [-0.1, -0.05) is 18.2 Å². The number of aryl methyl sites for hydroxylation is 1. The highest BCUT2D eigenvalue weighted by molar-refractivity contribution is 9.10. The Morgan fingerprint density at radius 2 is 2.13 bits per heavy atom. The third kappa shape index (κ3) is 2.16. The highest BCUT2D eigenvalue weighted by Crippen LogP contribution is 2.21. The molecule has 0 amide bonds. The van der Waals surface area contributed by atoms with Crippen LogP contribution in [-0.4, -0.2) is 4.98 Å². The Bertz CT molecular complexity index is 529. The monoisotopic (exact) mass is 260 g/mol. The number of aromatic nitrogens is 1.